The average molecular weight is 216 g/mol. The summed E-state index contributed by atoms with van der Waals surface area (Å²) in [5.41, 5.74) is 0. The maximum Gasteiger partial charge on any atom is 1.00 e. The maximum absolute atomic E-state index is 12.5. The van der Waals surface area contributed by atoms with Crippen LogP contribution in [0.2, 0.25) is 0 Å². The molecule has 0 aliphatic rings. The van der Waals surface area contributed by atoms with Gasteiger partial charge >= 0.3 is 29.6 Å². The minimum atomic E-state index is -4.84. The summed E-state index contributed by atoms with van der Waals surface area (Å²) in [7, 11) is -4.84. The molecule has 0 amide bonds. The topological polar surface area (TPSA) is 57.2 Å². The zero-order valence-electron chi connectivity index (χ0n) is 6.62. The third-order valence-corrected chi connectivity index (χ3v) is 2.03. The molecule has 0 radical (unpaired) electrons. The summed E-state index contributed by atoms with van der Waals surface area (Å²) in [5, 5.41) is 0. The number of hydrogen-bond donors (Lipinski definition) is 0. The molecule has 0 fully saturated rings. The van der Waals surface area contributed by atoms with Crippen LogP contribution in [-0.4, -0.2) is 13.0 Å². The molecule has 1 aromatic carbocycles. The molecular formula is C6H3F2NaO3S. The zero-order valence-corrected chi connectivity index (χ0v) is 9.44. The van der Waals surface area contributed by atoms with Crippen LogP contribution in [0.15, 0.2) is 23.1 Å². The van der Waals surface area contributed by atoms with E-state index in [4.69, 9.17) is 0 Å². The Hall–Kier alpha value is -0.0100. The van der Waals surface area contributed by atoms with Gasteiger partial charge in [0.25, 0.3) is 0 Å². The van der Waals surface area contributed by atoms with E-state index in [9.17, 15) is 21.8 Å². The summed E-state index contributed by atoms with van der Waals surface area (Å²) in [4.78, 5) is -1.04. The first-order valence-corrected chi connectivity index (χ1v) is 4.23. The molecule has 0 atom stereocenters. The SMILES string of the molecule is O=S(=O)([O-])c1ccc(F)cc1F.[Na+]. The van der Waals surface area contributed by atoms with Gasteiger partial charge in [0.15, 0.2) is 0 Å². The Morgan fingerprint density at radius 3 is 2.15 bits per heavy atom. The number of rotatable bonds is 1. The minimum Gasteiger partial charge on any atom is -0.744 e. The van der Waals surface area contributed by atoms with Crippen molar-refractivity contribution >= 4 is 10.1 Å². The van der Waals surface area contributed by atoms with Gasteiger partial charge in [0, 0.05) is 6.07 Å². The fourth-order valence-electron chi connectivity index (χ4n) is 0.678. The van der Waals surface area contributed by atoms with E-state index < -0.39 is 26.6 Å². The molecule has 13 heavy (non-hydrogen) atoms. The Balaban J connectivity index is 0.00000144. The average Bonchev–Trinajstić information content (AvgIpc) is 1.83. The first-order valence-electron chi connectivity index (χ1n) is 2.82. The predicted molar refractivity (Wildman–Crippen MR) is 34.3 cm³/mol. The normalized spacial score (nSPS) is 10.7. The molecule has 0 unspecified atom stereocenters. The first kappa shape index (κ1) is 13.0. The van der Waals surface area contributed by atoms with Crippen LogP contribution >= 0.6 is 0 Å². The second kappa shape index (κ2) is 4.47. The molecule has 0 aliphatic heterocycles. The van der Waals surface area contributed by atoms with Gasteiger partial charge in [0.1, 0.15) is 21.8 Å². The molecular weight excluding hydrogens is 213 g/mol. The Labute approximate surface area is 95.8 Å². The first-order chi connectivity index (χ1) is 5.41. The van der Waals surface area contributed by atoms with Crippen LogP contribution in [-0.2, 0) is 10.1 Å². The largest absolute Gasteiger partial charge is 1.00 e. The molecule has 7 heteroatoms. The smallest absolute Gasteiger partial charge is 0.744 e. The Bertz CT molecular complexity index is 404. The molecule has 0 bridgehead atoms. The van der Waals surface area contributed by atoms with Gasteiger partial charge in [0.05, 0.1) is 4.90 Å². The van der Waals surface area contributed by atoms with Crippen LogP contribution in [0.5, 0.6) is 0 Å². The van der Waals surface area contributed by atoms with E-state index in [2.05, 4.69) is 0 Å². The van der Waals surface area contributed by atoms with E-state index in [1.807, 2.05) is 0 Å². The molecule has 0 heterocycles. The van der Waals surface area contributed by atoms with Crippen LogP contribution in [0.25, 0.3) is 0 Å². The van der Waals surface area contributed by atoms with Gasteiger partial charge in [-0.2, -0.15) is 0 Å². The number of hydrogen-bond acceptors (Lipinski definition) is 3. The molecule has 0 saturated carbocycles. The molecule has 0 N–H and O–H groups in total. The molecule has 0 aliphatic carbocycles. The third kappa shape index (κ3) is 3.32. The van der Waals surface area contributed by atoms with Gasteiger partial charge in [0.2, 0.25) is 0 Å². The molecule has 0 saturated heterocycles. The van der Waals surface area contributed by atoms with Gasteiger partial charge in [-0.3, -0.25) is 0 Å². The van der Waals surface area contributed by atoms with Gasteiger partial charge < -0.3 is 4.55 Å². The van der Waals surface area contributed by atoms with Gasteiger partial charge in [-0.05, 0) is 12.1 Å². The fourth-order valence-corrected chi connectivity index (χ4v) is 1.21. The van der Waals surface area contributed by atoms with Crippen molar-refractivity contribution in [1.29, 1.82) is 0 Å². The Kier molecular flexibility index (Phi) is 4.47. The quantitative estimate of drug-likeness (QED) is 0.398. The maximum atomic E-state index is 12.5. The second-order valence-corrected chi connectivity index (χ2v) is 3.38. The molecule has 1 aromatic rings. The second-order valence-electron chi connectivity index (χ2n) is 2.03. The van der Waals surface area contributed by atoms with Crippen LogP contribution in [0.1, 0.15) is 0 Å². The van der Waals surface area contributed by atoms with Crippen molar-refractivity contribution < 1.29 is 51.3 Å². The van der Waals surface area contributed by atoms with E-state index >= 15 is 0 Å². The van der Waals surface area contributed by atoms with Gasteiger partial charge in [-0.1, -0.05) is 0 Å². The van der Waals surface area contributed by atoms with E-state index in [0.717, 1.165) is 0 Å². The fraction of sp³-hybridized carbons (Fsp3) is 0. The van der Waals surface area contributed by atoms with Gasteiger partial charge in [-0.15, -0.1) is 0 Å². The molecule has 1 rings (SSSR count). The van der Waals surface area contributed by atoms with Crippen LogP contribution in [0.3, 0.4) is 0 Å². The standard InChI is InChI=1S/C6H4F2O3S.Na/c7-4-1-2-6(5(8)3-4)12(9,10)11;/h1-3H,(H,9,10,11);/q;+1/p-1. The Morgan fingerprint density at radius 2 is 1.77 bits per heavy atom. The summed E-state index contributed by atoms with van der Waals surface area (Å²) in [6.45, 7) is 0. The van der Waals surface area contributed by atoms with Crippen molar-refractivity contribution in [2.75, 3.05) is 0 Å². The third-order valence-electron chi connectivity index (χ3n) is 1.16. The minimum absolute atomic E-state index is 0. The summed E-state index contributed by atoms with van der Waals surface area (Å²) in [6, 6.07) is 1.63. The van der Waals surface area contributed by atoms with Crippen molar-refractivity contribution in [2.45, 2.75) is 4.90 Å². The Morgan fingerprint density at radius 1 is 1.23 bits per heavy atom. The van der Waals surface area contributed by atoms with Crippen molar-refractivity contribution in [1.82, 2.24) is 0 Å². The van der Waals surface area contributed by atoms with Crippen LogP contribution in [0, 0.1) is 11.6 Å². The van der Waals surface area contributed by atoms with Crippen molar-refractivity contribution in [2.24, 2.45) is 0 Å². The van der Waals surface area contributed by atoms with E-state index in [1.54, 1.807) is 0 Å². The molecule has 0 spiro atoms. The predicted octanol–water partition coefficient (Wildman–Crippen LogP) is -2.13. The summed E-state index contributed by atoms with van der Waals surface area (Å²) in [6.07, 6.45) is 0. The summed E-state index contributed by atoms with van der Waals surface area (Å²) >= 11 is 0. The van der Waals surface area contributed by atoms with Crippen LogP contribution in [0.4, 0.5) is 8.78 Å². The number of benzene rings is 1. The van der Waals surface area contributed by atoms with E-state index in [0.29, 0.717) is 18.2 Å². The number of halogens is 2. The van der Waals surface area contributed by atoms with E-state index in [1.165, 1.54) is 0 Å². The summed E-state index contributed by atoms with van der Waals surface area (Å²) in [5.74, 6) is -2.30. The van der Waals surface area contributed by atoms with E-state index in [-0.39, 0.29) is 29.6 Å². The monoisotopic (exact) mass is 216 g/mol. The van der Waals surface area contributed by atoms with Crippen molar-refractivity contribution in [3.8, 4) is 0 Å². The van der Waals surface area contributed by atoms with Gasteiger partial charge in [-0.25, -0.2) is 17.2 Å². The van der Waals surface area contributed by atoms with Crippen molar-refractivity contribution in [3.05, 3.63) is 29.8 Å². The summed E-state index contributed by atoms with van der Waals surface area (Å²) < 4.78 is 55.5. The van der Waals surface area contributed by atoms with Crippen molar-refractivity contribution in [3.63, 3.8) is 0 Å². The van der Waals surface area contributed by atoms with Crippen LogP contribution < -0.4 is 29.6 Å². The molecule has 66 valence electrons. The molecule has 3 nitrogen and oxygen atoms in total. The molecule has 0 aromatic heterocycles. The zero-order chi connectivity index (χ0) is 9.35.